The predicted octanol–water partition coefficient (Wildman–Crippen LogP) is 9.09. The van der Waals surface area contributed by atoms with E-state index in [0.717, 1.165) is 17.8 Å². The molecule has 1 nitrogen and oxygen atoms in total. The van der Waals surface area contributed by atoms with Gasteiger partial charge in [0.25, 0.3) is 0 Å². The zero-order valence-electron chi connectivity index (χ0n) is 23.7. The Labute approximate surface area is 221 Å². The molecule has 0 aliphatic heterocycles. The van der Waals surface area contributed by atoms with Crippen LogP contribution in [0.5, 0.6) is 0 Å². The number of hydrogen-bond acceptors (Lipinski definition) is 1. The maximum Gasteiger partial charge on any atom is 0.131 e. The highest BCUT2D eigenvalue weighted by Gasteiger charge is 2.54. The van der Waals surface area contributed by atoms with Gasteiger partial charge in [-0.25, -0.2) is 0 Å². The third-order valence-electron chi connectivity index (χ3n) is 10.7. The summed E-state index contributed by atoms with van der Waals surface area (Å²) in [4.78, 5) is 4.41. The third-order valence-corrected chi connectivity index (χ3v) is 14.0. The highest BCUT2D eigenvalue weighted by atomic mass is 28.3. The van der Waals surface area contributed by atoms with Crippen molar-refractivity contribution in [2.45, 2.75) is 103 Å². The van der Waals surface area contributed by atoms with Crippen LogP contribution >= 0.6 is 0 Å². The first-order valence-electron chi connectivity index (χ1n) is 14.6. The average Bonchev–Trinajstić information content (AvgIpc) is 3.14. The average molecular weight is 498 g/mol. The molecule has 0 radical (unpaired) electrons. The lowest BCUT2D eigenvalue weighted by atomic mass is 9.48. The summed E-state index contributed by atoms with van der Waals surface area (Å²) in [6.07, 6.45) is 11.6. The van der Waals surface area contributed by atoms with Gasteiger partial charge < -0.3 is 4.98 Å². The normalized spacial score (nSPS) is 31.9. The molecule has 1 N–H and O–H groups in total. The van der Waals surface area contributed by atoms with Gasteiger partial charge in [0.2, 0.25) is 0 Å². The molecular formula is C34H47NSi. The van der Waals surface area contributed by atoms with Gasteiger partial charge in [0.1, 0.15) is 8.24 Å². The van der Waals surface area contributed by atoms with Crippen molar-refractivity contribution in [2.75, 3.05) is 0 Å². The van der Waals surface area contributed by atoms with Crippen LogP contribution in [0.15, 0.2) is 48.0 Å². The Morgan fingerprint density at radius 2 is 1.47 bits per heavy atom. The van der Waals surface area contributed by atoms with E-state index >= 15 is 0 Å². The zero-order valence-corrected chi connectivity index (χ0v) is 24.7. The van der Waals surface area contributed by atoms with Gasteiger partial charge in [0, 0.05) is 11.6 Å². The minimum atomic E-state index is -1.78. The van der Waals surface area contributed by atoms with Crippen LogP contribution in [-0.4, -0.2) is 14.3 Å². The maximum absolute atomic E-state index is 4.41. The summed E-state index contributed by atoms with van der Waals surface area (Å²) in [5.41, 5.74) is 10.0. The van der Waals surface area contributed by atoms with Gasteiger partial charge in [0.15, 0.2) is 0 Å². The molecule has 0 aromatic heterocycles. The second-order valence-corrected chi connectivity index (χ2v) is 19.1. The predicted molar refractivity (Wildman–Crippen MR) is 158 cm³/mol. The monoisotopic (exact) mass is 497 g/mol. The number of hydrogen-bond donors (Lipinski definition) is 1. The molecular weight excluding hydrogens is 450 g/mol. The molecule has 0 saturated heterocycles. The summed E-state index contributed by atoms with van der Waals surface area (Å²) in [6, 6.07) is 17.0. The Bertz CT molecular complexity index is 1140. The molecule has 5 aliphatic carbocycles. The Morgan fingerprint density at radius 1 is 0.889 bits per heavy atom. The number of nitrogens with one attached hydrogen (secondary N) is 1. The first-order valence-corrected chi connectivity index (χ1v) is 17.7. The minimum absolute atomic E-state index is 0.188. The van der Waals surface area contributed by atoms with Crippen molar-refractivity contribution < 1.29 is 0 Å². The van der Waals surface area contributed by atoms with Gasteiger partial charge in [0.05, 0.1) is 0 Å². The van der Waals surface area contributed by atoms with Gasteiger partial charge in [-0.1, -0.05) is 88.0 Å². The Balaban J connectivity index is 1.28. The highest BCUT2D eigenvalue weighted by molar-refractivity contribution is 6.77. The molecule has 36 heavy (non-hydrogen) atoms. The molecule has 5 aliphatic rings. The van der Waals surface area contributed by atoms with Crippen LogP contribution in [-0.2, 0) is 5.41 Å². The van der Waals surface area contributed by atoms with Crippen LogP contribution in [0.25, 0.3) is 17.2 Å². The van der Waals surface area contributed by atoms with E-state index < -0.39 is 8.24 Å². The van der Waals surface area contributed by atoms with Gasteiger partial charge in [-0.05, 0) is 109 Å². The molecule has 0 heterocycles. The van der Waals surface area contributed by atoms with E-state index in [1.807, 2.05) is 0 Å². The number of rotatable bonds is 5. The Kier molecular flexibility index (Phi) is 5.78. The quantitative estimate of drug-likeness (QED) is 0.406. The molecule has 7 rings (SSSR count). The summed E-state index contributed by atoms with van der Waals surface area (Å²) < 4.78 is 0. The van der Waals surface area contributed by atoms with Crippen molar-refractivity contribution >= 4 is 14.3 Å². The van der Waals surface area contributed by atoms with Gasteiger partial charge in [-0.3, -0.25) is 0 Å². The fourth-order valence-corrected chi connectivity index (χ4v) is 13.3. The van der Waals surface area contributed by atoms with E-state index in [0.29, 0.717) is 17.0 Å². The van der Waals surface area contributed by atoms with Crippen molar-refractivity contribution in [3.63, 3.8) is 0 Å². The molecule has 2 aromatic rings. The van der Waals surface area contributed by atoms with E-state index in [-0.39, 0.29) is 5.41 Å². The van der Waals surface area contributed by atoms with E-state index in [1.165, 1.54) is 60.8 Å². The van der Waals surface area contributed by atoms with Crippen LogP contribution < -0.4 is 4.98 Å². The molecule has 192 valence electrons. The standard InChI is InChI=1S/C34H47NSi/c1-22-15-31-29(27-11-13-28(14-12-27)33(3,4)5)9-8-10-30(31)32(22)36(6,7)35-23(2)34-19-24-16-25(20-34)18-26(17-24)21-34/h8-15,23-26,32,35H,16-21H2,1-7H3. The lowest BCUT2D eigenvalue weighted by molar-refractivity contribution is -0.0671. The second-order valence-electron chi connectivity index (χ2n) is 14.8. The maximum atomic E-state index is 4.41. The summed E-state index contributed by atoms with van der Waals surface area (Å²) in [7, 11) is -1.78. The van der Waals surface area contributed by atoms with Crippen LogP contribution in [0, 0.1) is 23.2 Å². The van der Waals surface area contributed by atoms with Crippen molar-refractivity contribution in [3.8, 4) is 11.1 Å². The first kappa shape index (κ1) is 24.7. The summed E-state index contributed by atoms with van der Waals surface area (Å²) >= 11 is 0. The number of allylic oxidation sites excluding steroid dienone is 1. The molecule has 0 amide bonds. The van der Waals surface area contributed by atoms with Gasteiger partial charge in [-0.15, -0.1) is 0 Å². The summed E-state index contributed by atoms with van der Waals surface area (Å²) in [5, 5.41) is 0. The van der Waals surface area contributed by atoms with E-state index in [1.54, 1.807) is 11.1 Å². The largest absolute Gasteiger partial charge is 0.334 e. The first-order chi connectivity index (χ1) is 17.0. The SMILES string of the molecule is CC1=Cc2c(-c3ccc(C(C)(C)C)cc3)cccc2C1[Si](C)(C)NC(C)C12CC3CC(CC(C3)C1)C2. The van der Waals surface area contributed by atoms with Crippen molar-refractivity contribution in [3.05, 3.63) is 64.7 Å². The third kappa shape index (κ3) is 4.08. The van der Waals surface area contributed by atoms with Gasteiger partial charge in [-0.2, -0.15) is 0 Å². The van der Waals surface area contributed by atoms with Crippen molar-refractivity contribution in [1.82, 2.24) is 4.98 Å². The smallest absolute Gasteiger partial charge is 0.131 e. The second kappa shape index (κ2) is 8.43. The van der Waals surface area contributed by atoms with Crippen molar-refractivity contribution in [1.29, 1.82) is 0 Å². The fraction of sp³-hybridized carbons (Fsp3) is 0.588. The Morgan fingerprint density at radius 3 is 2.03 bits per heavy atom. The van der Waals surface area contributed by atoms with Gasteiger partial charge >= 0.3 is 0 Å². The zero-order chi connectivity index (χ0) is 25.5. The van der Waals surface area contributed by atoms with E-state index in [2.05, 4.69) is 101 Å². The van der Waals surface area contributed by atoms with Crippen LogP contribution in [0.4, 0.5) is 0 Å². The van der Waals surface area contributed by atoms with E-state index in [4.69, 9.17) is 0 Å². The van der Waals surface area contributed by atoms with E-state index in [9.17, 15) is 0 Å². The topological polar surface area (TPSA) is 12.0 Å². The molecule has 0 spiro atoms. The van der Waals surface area contributed by atoms with Crippen LogP contribution in [0.1, 0.15) is 95.4 Å². The number of benzene rings is 2. The summed E-state index contributed by atoms with van der Waals surface area (Å²) in [6.45, 7) is 17.0. The molecule has 2 heteroatoms. The lowest BCUT2D eigenvalue weighted by Gasteiger charge is -2.60. The van der Waals surface area contributed by atoms with Crippen molar-refractivity contribution in [2.24, 2.45) is 23.2 Å². The molecule has 4 saturated carbocycles. The Hall–Kier alpha value is -1.64. The molecule has 2 atom stereocenters. The fourth-order valence-electron chi connectivity index (χ4n) is 9.41. The summed E-state index contributed by atoms with van der Waals surface area (Å²) in [5.74, 6) is 3.06. The molecule has 4 bridgehead atoms. The van der Waals surface area contributed by atoms with Crippen LogP contribution in [0.3, 0.4) is 0 Å². The lowest BCUT2D eigenvalue weighted by Crippen LogP contribution is -2.62. The highest BCUT2D eigenvalue weighted by Crippen LogP contribution is 2.61. The molecule has 2 aromatic carbocycles. The number of fused-ring (bicyclic) bond motifs is 1. The van der Waals surface area contributed by atoms with Crippen LogP contribution in [0.2, 0.25) is 13.1 Å². The molecule has 4 fully saturated rings. The molecule has 2 unspecified atom stereocenters. The minimum Gasteiger partial charge on any atom is -0.334 e.